The van der Waals surface area contributed by atoms with Gasteiger partial charge in [-0.15, -0.1) is 0 Å². The van der Waals surface area contributed by atoms with Crippen molar-refractivity contribution in [2.45, 2.75) is 25.6 Å². The van der Waals surface area contributed by atoms with E-state index >= 15 is 0 Å². The zero-order valence-electron chi connectivity index (χ0n) is 6.26. The summed E-state index contributed by atoms with van der Waals surface area (Å²) in [7, 11) is 0. The molecule has 0 bridgehead atoms. The number of carbonyl (C=O) groups is 1. The third kappa shape index (κ3) is 4.49. The average Bonchev–Trinajstić information content (AvgIpc) is 1.88. The van der Waals surface area contributed by atoms with Crippen molar-refractivity contribution in [1.82, 2.24) is 5.32 Å². The second-order valence-corrected chi connectivity index (χ2v) is 2.41. The van der Waals surface area contributed by atoms with E-state index in [2.05, 4.69) is 22.7 Å². The van der Waals surface area contributed by atoms with Crippen molar-refractivity contribution >= 4 is 18.7 Å². The quantitative estimate of drug-likeness (QED) is 0.487. The third-order valence-corrected chi connectivity index (χ3v) is 1.44. The molecular weight excluding hydrogens is 150 g/mol. The SMILES string of the molecule is CCOC(=O)NC(S)CC. The van der Waals surface area contributed by atoms with E-state index in [4.69, 9.17) is 0 Å². The fourth-order valence-corrected chi connectivity index (χ4v) is 0.516. The van der Waals surface area contributed by atoms with Gasteiger partial charge in [0.25, 0.3) is 0 Å². The highest BCUT2D eigenvalue weighted by Gasteiger charge is 2.04. The van der Waals surface area contributed by atoms with Gasteiger partial charge >= 0.3 is 6.09 Å². The summed E-state index contributed by atoms with van der Waals surface area (Å²) in [5, 5.41) is 2.44. The first-order chi connectivity index (χ1) is 4.70. The fraction of sp³-hybridized carbons (Fsp3) is 0.833. The van der Waals surface area contributed by atoms with Gasteiger partial charge in [0.15, 0.2) is 0 Å². The predicted molar refractivity (Wildman–Crippen MR) is 43.2 cm³/mol. The molecule has 0 aromatic heterocycles. The van der Waals surface area contributed by atoms with Crippen LogP contribution in [0.5, 0.6) is 0 Å². The van der Waals surface area contributed by atoms with E-state index in [0.29, 0.717) is 6.61 Å². The van der Waals surface area contributed by atoms with Gasteiger partial charge in [-0.2, -0.15) is 12.6 Å². The monoisotopic (exact) mass is 163 g/mol. The zero-order valence-corrected chi connectivity index (χ0v) is 7.15. The van der Waals surface area contributed by atoms with E-state index in [1.54, 1.807) is 6.92 Å². The highest BCUT2D eigenvalue weighted by Crippen LogP contribution is 1.94. The molecule has 0 aliphatic heterocycles. The summed E-state index contributed by atoms with van der Waals surface area (Å²) >= 11 is 4.05. The molecule has 0 aliphatic rings. The Kier molecular flexibility index (Phi) is 5.20. The predicted octanol–water partition coefficient (Wildman–Crippen LogP) is 1.40. The Bertz CT molecular complexity index is 108. The minimum absolute atomic E-state index is 0.0981. The lowest BCUT2D eigenvalue weighted by Crippen LogP contribution is -2.30. The van der Waals surface area contributed by atoms with Gasteiger partial charge in [-0.05, 0) is 13.3 Å². The molecule has 0 saturated carbocycles. The highest BCUT2D eigenvalue weighted by molar-refractivity contribution is 7.80. The molecule has 0 rings (SSSR count). The second-order valence-electron chi connectivity index (χ2n) is 1.79. The summed E-state index contributed by atoms with van der Waals surface area (Å²) in [6.07, 6.45) is 0.395. The summed E-state index contributed by atoms with van der Waals surface area (Å²) in [5.41, 5.74) is 0. The van der Waals surface area contributed by atoms with Crippen molar-refractivity contribution in [3.05, 3.63) is 0 Å². The molecule has 1 atom stereocenters. The van der Waals surface area contributed by atoms with Crippen LogP contribution in [0.2, 0.25) is 0 Å². The minimum atomic E-state index is -0.399. The molecule has 4 heteroatoms. The van der Waals surface area contributed by atoms with Crippen molar-refractivity contribution in [2.75, 3.05) is 6.61 Å². The van der Waals surface area contributed by atoms with Crippen LogP contribution in [0.4, 0.5) is 4.79 Å². The molecule has 1 unspecified atom stereocenters. The molecule has 0 saturated heterocycles. The molecule has 0 aromatic rings. The van der Waals surface area contributed by atoms with E-state index in [-0.39, 0.29) is 5.37 Å². The lowest BCUT2D eigenvalue weighted by Gasteiger charge is -2.09. The number of carbonyl (C=O) groups excluding carboxylic acids is 1. The van der Waals surface area contributed by atoms with Gasteiger partial charge in [-0.3, -0.25) is 0 Å². The first-order valence-electron chi connectivity index (χ1n) is 3.32. The second kappa shape index (κ2) is 5.41. The summed E-state index contributed by atoms with van der Waals surface area (Å²) in [6, 6.07) is 0. The lowest BCUT2D eigenvalue weighted by molar-refractivity contribution is 0.151. The van der Waals surface area contributed by atoms with Crippen molar-refractivity contribution in [3.63, 3.8) is 0 Å². The van der Waals surface area contributed by atoms with Crippen LogP contribution in [-0.2, 0) is 4.74 Å². The number of rotatable bonds is 3. The zero-order chi connectivity index (χ0) is 7.98. The first-order valence-corrected chi connectivity index (χ1v) is 3.83. The van der Waals surface area contributed by atoms with Crippen LogP contribution in [0.25, 0.3) is 0 Å². The van der Waals surface area contributed by atoms with E-state index in [1.807, 2.05) is 6.92 Å². The molecule has 1 amide bonds. The molecule has 0 fully saturated rings. The number of alkyl carbamates (subject to hydrolysis) is 1. The summed E-state index contributed by atoms with van der Waals surface area (Å²) in [5.74, 6) is 0. The van der Waals surface area contributed by atoms with Crippen molar-refractivity contribution < 1.29 is 9.53 Å². The molecule has 10 heavy (non-hydrogen) atoms. The molecule has 0 radical (unpaired) electrons. The number of hydrogen-bond acceptors (Lipinski definition) is 3. The number of hydrogen-bond donors (Lipinski definition) is 2. The van der Waals surface area contributed by atoms with Crippen molar-refractivity contribution in [1.29, 1.82) is 0 Å². The fourth-order valence-electron chi connectivity index (χ4n) is 0.411. The normalized spacial score (nSPS) is 12.3. The maximum atomic E-state index is 10.6. The maximum Gasteiger partial charge on any atom is 0.407 e. The standard InChI is InChI=1S/C6H13NO2S/c1-3-5(10)7-6(8)9-4-2/h5,10H,3-4H2,1-2H3,(H,7,8). The van der Waals surface area contributed by atoms with E-state index in [9.17, 15) is 4.79 Å². The largest absolute Gasteiger partial charge is 0.450 e. The lowest BCUT2D eigenvalue weighted by atomic mass is 10.5. The Hall–Kier alpha value is -0.380. The molecule has 0 aliphatic carbocycles. The van der Waals surface area contributed by atoms with E-state index < -0.39 is 6.09 Å². The number of nitrogens with one attached hydrogen (secondary N) is 1. The summed E-state index contributed by atoms with van der Waals surface area (Å²) in [6.45, 7) is 4.10. The Morgan fingerprint density at radius 1 is 1.70 bits per heavy atom. The van der Waals surface area contributed by atoms with Gasteiger partial charge in [-0.25, -0.2) is 4.79 Å². The first kappa shape index (κ1) is 9.62. The van der Waals surface area contributed by atoms with Gasteiger partial charge in [0.05, 0.1) is 12.0 Å². The molecule has 0 spiro atoms. The molecule has 0 aromatic carbocycles. The number of ether oxygens (including phenoxy) is 1. The van der Waals surface area contributed by atoms with Gasteiger partial charge in [-0.1, -0.05) is 6.92 Å². The Balaban J connectivity index is 3.37. The van der Waals surface area contributed by atoms with Gasteiger partial charge in [0.2, 0.25) is 0 Å². The van der Waals surface area contributed by atoms with Gasteiger partial charge in [0.1, 0.15) is 0 Å². The third-order valence-electron chi connectivity index (χ3n) is 0.947. The number of amides is 1. The van der Waals surface area contributed by atoms with Crippen LogP contribution in [0.15, 0.2) is 0 Å². The Morgan fingerprint density at radius 2 is 2.30 bits per heavy atom. The van der Waals surface area contributed by atoms with Crippen molar-refractivity contribution in [3.8, 4) is 0 Å². The summed E-state index contributed by atoms with van der Waals surface area (Å²) < 4.78 is 4.62. The van der Waals surface area contributed by atoms with Crippen LogP contribution in [0, 0.1) is 0 Å². The Labute approximate surface area is 66.5 Å². The maximum absolute atomic E-state index is 10.6. The summed E-state index contributed by atoms with van der Waals surface area (Å²) in [4.78, 5) is 10.6. The van der Waals surface area contributed by atoms with E-state index in [0.717, 1.165) is 6.42 Å². The smallest absolute Gasteiger partial charge is 0.407 e. The van der Waals surface area contributed by atoms with Crippen LogP contribution in [0.3, 0.4) is 0 Å². The van der Waals surface area contributed by atoms with Crippen LogP contribution in [-0.4, -0.2) is 18.1 Å². The molecule has 1 N–H and O–H groups in total. The molecule has 60 valence electrons. The molecular formula is C6H13NO2S. The van der Waals surface area contributed by atoms with Gasteiger partial charge < -0.3 is 10.1 Å². The topological polar surface area (TPSA) is 38.3 Å². The molecule has 0 heterocycles. The van der Waals surface area contributed by atoms with Crippen LogP contribution < -0.4 is 5.32 Å². The van der Waals surface area contributed by atoms with Crippen molar-refractivity contribution in [2.24, 2.45) is 0 Å². The highest BCUT2D eigenvalue weighted by atomic mass is 32.1. The average molecular weight is 163 g/mol. The Morgan fingerprint density at radius 3 is 2.70 bits per heavy atom. The minimum Gasteiger partial charge on any atom is -0.450 e. The molecule has 3 nitrogen and oxygen atoms in total. The van der Waals surface area contributed by atoms with Crippen LogP contribution >= 0.6 is 12.6 Å². The van der Waals surface area contributed by atoms with Crippen LogP contribution in [0.1, 0.15) is 20.3 Å². The number of thiol groups is 1. The van der Waals surface area contributed by atoms with E-state index in [1.165, 1.54) is 0 Å². The van der Waals surface area contributed by atoms with Gasteiger partial charge in [0, 0.05) is 0 Å².